The van der Waals surface area contributed by atoms with Gasteiger partial charge in [0.25, 0.3) is 0 Å². The molecule has 1 heterocycles. The molecule has 0 aromatic heterocycles. The summed E-state index contributed by atoms with van der Waals surface area (Å²) in [5.74, 6) is 0.763. The number of ether oxygens (including phenoxy) is 1. The second kappa shape index (κ2) is 4.97. The summed E-state index contributed by atoms with van der Waals surface area (Å²) >= 11 is 0. The van der Waals surface area contributed by atoms with Gasteiger partial charge in [0.2, 0.25) is 0 Å². The lowest BCUT2D eigenvalue weighted by Gasteiger charge is -2.46. The van der Waals surface area contributed by atoms with E-state index in [-0.39, 0.29) is 5.54 Å². The first-order valence-corrected chi connectivity index (χ1v) is 6.98. The fourth-order valence-electron chi connectivity index (χ4n) is 3.29. The van der Waals surface area contributed by atoms with E-state index in [0.717, 1.165) is 23.3 Å². The molecule has 0 amide bonds. The molecular weight excluding hydrogens is 250 g/mol. The van der Waals surface area contributed by atoms with E-state index in [2.05, 4.69) is 45.6 Å². The number of benzene rings is 1. The zero-order valence-corrected chi connectivity index (χ0v) is 13.2. The van der Waals surface area contributed by atoms with Crippen LogP contribution < -0.4 is 9.64 Å². The number of fused-ring (bicyclic) bond motifs is 1. The largest absolute Gasteiger partial charge is 0.495 e. The van der Waals surface area contributed by atoms with Crippen molar-refractivity contribution >= 4 is 17.5 Å². The molecule has 0 fully saturated rings. The number of carbonyl (C=O) groups is 1. The number of anilines is 1. The third-order valence-corrected chi connectivity index (χ3v) is 3.83. The van der Waals surface area contributed by atoms with E-state index < -0.39 is 0 Å². The molecule has 0 unspecified atom stereocenters. The topological polar surface area (TPSA) is 29.5 Å². The normalized spacial score (nSPS) is 16.8. The Morgan fingerprint density at radius 3 is 2.45 bits per heavy atom. The SMILES string of the molecule is COc1cc(C=O)cc2c1N(C(C)C)C(C)(C)C=C2C. The lowest BCUT2D eigenvalue weighted by atomic mass is 9.86. The van der Waals surface area contributed by atoms with Crippen molar-refractivity contribution < 1.29 is 9.53 Å². The summed E-state index contributed by atoms with van der Waals surface area (Å²) in [5.41, 5.74) is 3.92. The van der Waals surface area contributed by atoms with Crippen LogP contribution in [0.1, 0.15) is 50.5 Å². The van der Waals surface area contributed by atoms with E-state index in [0.29, 0.717) is 11.6 Å². The molecule has 0 saturated heterocycles. The van der Waals surface area contributed by atoms with Gasteiger partial charge in [-0.05, 0) is 52.3 Å². The van der Waals surface area contributed by atoms with Crippen molar-refractivity contribution in [1.29, 1.82) is 0 Å². The third-order valence-electron chi connectivity index (χ3n) is 3.83. The molecule has 0 N–H and O–H groups in total. The summed E-state index contributed by atoms with van der Waals surface area (Å²) in [4.78, 5) is 13.5. The molecule has 0 saturated carbocycles. The van der Waals surface area contributed by atoms with Crippen LogP contribution in [0.4, 0.5) is 5.69 Å². The van der Waals surface area contributed by atoms with E-state index in [9.17, 15) is 4.79 Å². The molecule has 0 bridgehead atoms. The lowest BCUT2D eigenvalue weighted by molar-refractivity contribution is 0.112. The summed E-state index contributed by atoms with van der Waals surface area (Å²) in [6, 6.07) is 4.10. The summed E-state index contributed by atoms with van der Waals surface area (Å²) in [6.07, 6.45) is 3.12. The van der Waals surface area contributed by atoms with E-state index >= 15 is 0 Å². The fourth-order valence-corrected chi connectivity index (χ4v) is 3.29. The molecule has 0 radical (unpaired) electrons. The molecule has 0 atom stereocenters. The van der Waals surface area contributed by atoms with Crippen LogP contribution in [0.3, 0.4) is 0 Å². The molecule has 0 spiro atoms. The quantitative estimate of drug-likeness (QED) is 0.782. The Morgan fingerprint density at radius 1 is 1.30 bits per heavy atom. The highest BCUT2D eigenvalue weighted by molar-refractivity contribution is 5.89. The van der Waals surface area contributed by atoms with Crippen LogP contribution in [-0.2, 0) is 0 Å². The maximum Gasteiger partial charge on any atom is 0.150 e. The Morgan fingerprint density at radius 2 is 1.95 bits per heavy atom. The summed E-state index contributed by atoms with van der Waals surface area (Å²) in [6.45, 7) is 10.8. The van der Waals surface area contributed by atoms with Gasteiger partial charge in [0.1, 0.15) is 12.0 Å². The van der Waals surface area contributed by atoms with Gasteiger partial charge in [0.15, 0.2) is 0 Å². The first-order chi connectivity index (χ1) is 9.31. The number of nitrogens with zero attached hydrogens (tertiary/aromatic N) is 1. The van der Waals surface area contributed by atoms with Crippen molar-refractivity contribution in [2.75, 3.05) is 12.0 Å². The monoisotopic (exact) mass is 273 g/mol. The zero-order chi connectivity index (χ0) is 15.1. The fraction of sp³-hybridized carbons (Fsp3) is 0.471. The van der Waals surface area contributed by atoms with Gasteiger partial charge in [-0.3, -0.25) is 4.79 Å². The zero-order valence-electron chi connectivity index (χ0n) is 13.2. The number of hydrogen-bond acceptors (Lipinski definition) is 3. The van der Waals surface area contributed by atoms with Crippen LogP contribution in [-0.4, -0.2) is 25.0 Å². The smallest absolute Gasteiger partial charge is 0.150 e. The molecule has 1 aliphatic heterocycles. The molecule has 3 heteroatoms. The molecule has 2 rings (SSSR count). The van der Waals surface area contributed by atoms with Gasteiger partial charge in [0.05, 0.1) is 18.3 Å². The Bertz CT molecular complexity index is 571. The number of aldehydes is 1. The minimum absolute atomic E-state index is 0.0821. The highest BCUT2D eigenvalue weighted by Crippen LogP contribution is 2.45. The van der Waals surface area contributed by atoms with Crippen molar-refractivity contribution in [3.05, 3.63) is 29.3 Å². The number of allylic oxidation sites excluding steroid dienone is 1. The maximum absolute atomic E-state index is 11.1. The average molecular weight is 273 g/mol. The minimum Gasteiger partial charge on any atom is -0.495 e. The Kier molecular flexibility index (Phi) is 3.63. The van der Waals surface area contributed by atoms with Crippen molar-refractivity contribution in [2.45, 2.75) is 46.2 Å². The molecular formula is C17H23NO2. The van der Waals surface area contributed by atoms with E-state index in [1.807, 2.05) is 12.1 Å². The van der Waals surface area contributed by atoms with Crippen LogP contribution in [0, 0.1) is 0 Å². The van der Waals surface area contributed by atoms with Gasteiger partial charge in [-0.25, -0.2) is 0 Å². The van der Waals surface area contributed by atoms with Crippen LogP contribution >= 0.6 is 0 Å². The predicted molar refractivity (Wildman–Crippen MR) is 83.7 cm³/mol. The third kappa shape index (κ3) is 2.21. The highest BCUT2D eigenvalue weighted by atomic mass is 16.5. The van der Waals surface area contributed by atoms with Crippen molar-refractivity contribution in [3.8, 4) is 5.75 Å². The average Bonchev–Trinajstić information content (AvgIpc) is 2.36. The first kappa shape index (κ1) is 14.6. The summed E-state index contributed by atoms with van der Waals surface area (Å²) in [5, 5.41) is 0. The van der Waals surface area contributed by atoms with Crippen LogP contribution in [0.5, 0.6) is 5.75 Å². The van der Waals surface area contributed by atoms with E-state index in [1.54, 1.807) is 7.11 Å². The lowest BCUT2D eigenvalue weighted by Crippen LogP contribution is -2.49. The number of rotatable bonds is 3. The molecule has 1 aromatic rings. The Labute approximate surface area is 121 Å². The first-order valence-electron chi connectivity index (χ1n) is 6.98. The van der Waals surface area contributed by atoms with E-state index in [4.69, 9.17) is 4.74 Å². The van der Waals surface area contributed by atoms with Gasteiger partial charge in [-0.2, -0.15) is 0 Å². The van der Waals surface area contributed by atoms with Gasteiger partial charge in [-0.15, -0.1) is 0 Å². The highest BCUT2D eigenvalue weighted by Gasteiger charge is 2.35. The molecule has 0 aliphatic carbocycles. The standard InChI is InChI=1S/C17H23NO2/c1-11(2)18-16-14(12(3)9-17(18,4)5)7-13(10-19)8-15(16)20-6/h7-11H,1-6H3. The number of carbonyl (C=O) groups excluding carboxylic acids is 1. The maximum atomic E-state index is 11.1. The van der Waals surface area contributed by atoms with Gasteiger partial charge < -0.3 is 9.64 Å². The van der Waals surface area contributed by atoms with Gasteiger partial charge in [0, 0.05) is 17.2 Å². The molecule has 108 valence electrons. The molecule has 3 nitrogen and oxygen atoms in total. The summed E-state index contributed by atoms with van der Waals surface area (Å²) < 4.78 is 5.55. The van der Waals surface area contributed by atoms with Crippen molar-refractivity contribution in [2.24, 2.45) is 0 Å². The van der Waals surface area contributed by atoms with Gasteiger partial charge >= 0.3 is 0 Å². The molecule has 1 aromatic carbocycles. The predicted octanol–water partition coefficient (Wildman–Crippen LogP) is 3.92. The second-order valence-electron chi connectivity index (χ2n) is 6.18. The summed E-state index contributed by atoms with van der Waals surface area (Å²) in [7, 11) is 1.66. The van der Waals surface area contributed by atoms with Crippen LogP contribution in [0.25, 0.3) is 5.57 Å². The number of hydrogen-bond donors (Lipinski definition) is 0. The second-order valence-corrected chi connectivity index (χ2v) is 6.18. The van der Waals surface area contributed by atoms with Crippen molar-refractivity contribution in [3.63, 3.8) is 0 Å². The minimum atomic E-state index is -0.0821. The molecule has 20 heavy (non-hydrogen) atoms. The van der Waals surface area contributed by atoms with Crippen LogP contribution in [0.15, 0.2) is 18.2 Å². The Balaban J connectivity index is 2.79. The Hall–Kier alpha value is -1.77. The van der Waals surface area contributed by atoms with Gasteiger partial charge in [-0.1, -0.05) is 6.08 Å². The number of methoxy groups -OCH3 is 1. The van der Waals surface area contributed by atoms with Crippen molar-refractivity contribution in [1.82, 2.24) is 0 Å². The van der Waals surface area contributed by atoms with E-state index in [1.165, 1.54) is 5.57 Å². The molecule has 1 aliphatic rings. The van der Waals surface area contributed by atoms with Crippen LogP contribution in [0.2, 0.25) is 0 Å².